The Bertz CT molecular complexity index is 614. The second-order valence-electron chi connectivity index (χ2n) is 6.15. The Morgan fingerprint density at radius 1 is 1.50 bits per heavy atom. The van der Waals surface area contributed by atoms with Crippen LogP contribution in [0.5, 0.6) is 5.75 Å². The fourth-order valence-electron chi connectivity index (χ4n) is 2.82. The van der Waals surface area contributed by atoms with Crippen molar-refractivity contribution in [2.75, 3.05) is 38.2 Å². The summed E-state index contributed by atoms with van der Waals surface area (Å²) in [4.78, 5) is 25.3. The number of piperazine rings is 1. The number of nitrogens with zero attached hydrogens (tertiary/aromatic N) is 1. The van der Waals surface area contributed by atoms with Crippen molar-refractivity contribution in [1.82, 2.24) is 10.2 Å². The van der Waals surface area contributed by atoms with Gasteiger partial charge in [0, 0.05) is 19.7 Å². The molecule has 3 rings (SSSR count). The van der Waals surface area contributed by atoms with Crippen LogP contribution in [0.2, 0.25) is 0 Å². The van der Waals surface area contributed by atoms with E-state index in [-0.39, 0.29) is 24.6 Å². The molecular formula is C17H23N3O4. The van der Waals surface area contributed by atoms with Gasteiger partial charge in [0.2, 0.25) is 5.91 Å². The molecule has 2 aliphatic heterocycles. The molecule has 0 bridgehead atoms. The first-order chi connectivity index (χ1) is 11.6. The molecule has 0 radical (unpaired) electrons. The largest absolute Gasteiger partial charge is 0.489 e. The molecule has 0 aromatic heterocycles. The molecule has 2 N–H and O–H groups in total. The third-order valence-corrected chi connectivity index (χ3v) is 4.15. The highest BCUT2D eigenvalue weighted by Crippen LogP contribution is 2.27. The van der Waals surface area contributed by atoms with Gasteiger partial charge in [-0.25, -0.2) is 4.79 Å². The van der Waals surface area contributed by atoms with Crippen LogP contribution in [0.3, 0.4) is 0 Å². The van der Waals surface area contributed by atoms with E-state index in [2.05, 4.69) is 10.6 Å². The quantitative estimate of drug-likeness (QED) is 0.875. The number of ether oxygens (including phenoxy) is 2. The first-order valence-corrected chi connectivity index (χ1v) is 8.29. The lowest BCUT2D eigenvalue weighted by Crippen LogP contribution is -2.51. The van der Waals surface area contributed by atoms with Crippen LogP contribution in [0, 0.1) is 6.92 Å². The average Bonchev–Trinajstić information content (AvgIpc) is 3.08. The molecule has 24 heavy (non-hydrogen) atoms. The van der Waals surface area contributed by atoms with Crippen LogP contribution in [0.25, 0.3) is 0 Å². The Balaban J connectivity index is 1.65. The van der Waals surface area contributed by atoms with Crippen LogP contribution in [0.4, 0.5) is 10.5 Å². The fraction of sp³-hybridized carbons (Fsp3) is 0.529. The van der Waals surface area contributed by atoms with Gasteiger partial charge in [-0.1, -0.05) is 6.07 Å². The van der Waals surface area contributed by atoms with Crippen LogP contribution >= 0.6 is 0 Å². The minimum absolute atomic E-state index is 0.0732. The number of aryl methyl sites for hydroxylation is 1. The molecule has 0 saturated carbocycles. The molecule has 1 unspecified atom stereocenters. The molecule has 2 heterocycles. The number of anilines is 1. The van der Waals surface area contributed by atoms with E-state index in [0.29, 0.717) is 31.1 Å². The first-order valence-electron chi connectivity index (χ1n) is 8.29. The van der Waals surface area contributed by atoms with E-state index in [9.17, 15) is 9.59 Å². The zero-order valence-corrected chi connectivity index (χ0v) is 13.8. The smallest absolute Gasteiger partial charge is 0.322 e. The normalized spacial score (nSPS) is 20.6. The Kier molecular flexibility index (Phi) is 5.20. The van der Waals surface area contributed by atoms with Crippen molar-refractivity contribution < 1.29 is 19.1 Å². The summed E-state index contributed by atoms with van der Waals surface area (Å²) in [5, 5.41) is 5.55. The van der Waals surface area contributed by atoms with Gasteiger partial charge in [-0.2, -0.15) is 0 Å². The van der Waals surface area contributed by atoms with E-state index in [1.54, 1.807) is 0 Å². The highest BCUT2D eigenvalue weighted by molar-refractivity contribution is 5.94. The van der Waals surface area contributed by atoms with Gasteiger partial charge < -0.3 is 25.0 Å². The van der Waals surface area contributed by atoms with Gasteiger partial charge in [0.05, 0.1) is 11.8 Å². The number of carbonyl (C=O) groups is 2. The van der Waals surface area contributed by atoms with Crippen LogP contribution < -0.4 is 15.4 Å². The molecule has 1 atom stereocenters. The third kappa shape index (κ3) is 4.17. The maximum atomic E-state index is 12.4. The molecule has 2 fully saturated rings. The number of carbonyl (C=O) groups excluding carboxylic acids is 2. The molecule has 1 aromatic rings. The van der Waals surface area contributed by atoms with Crippen LogP contribution in [-0.2, 0) is 9.53 Å². The standard InChI is InChI=1S/C17H23N3O4/c1-12-4-5-14(15(9-12)24-11-13-3-2-8-23-13)19-17(22)20-7-6-18-16(21)10-20/h4-5,9,13H,2-3,6-8,10-11H2,1H3,(H,18,21)(H,19,22). The predicted octanol–water partition coefficient (Wildman–Crippen LogP) is 1.52. The lowest BCUT2D eigenvalue weighted by atomic mass is 10.2. The molecule has 3 amide bonds. The number of urea groups is 1. The maximum Gasteiger partial charge on any atom is 0.322 e. The van der Waals surface area contributed by atoms with Crippen molar-refractivity contribution in [2.24, 2.45) is 0 Å². The molecule has 2 aliphatic rings. The van der Waals surface area contributed by atoms with Crippen molar-refractivity contribution in [1.29, 1.82) is 0 Å². The molecule has 7 heteroatoms. The summed E-state index contributed by atoms with van der Waals surface area (Å²) >= 11 is 0. The summed E-state index contributed by atoms with van der Waals surface area (Å²) in [6, 6.07) is 5.34. The monoisotopic (exact) mass is 333 g/mol. The van der Waals surface area contributed by atoms with Gasteiger partial charge in [0.1, 0.15) is 18.9 Å². The molecule has 0 aliphatic carbocycles. The Morgan fingerprint density at radius 3 is 3.12 bits per heavy atom. The van der Waals surface area contributed by atoms with E-state index in [1.807, 2.05) is 25.1 Å². The number of nitrogens with one attached hydrogen (secondary N) is 2. The minimum atomic E-state index is -0.296. The van der Waals surface area contributed by atoms with Crippen molar-refractivity contribution in [3.8, 4) is 5.75 Å². The van der Waals surface area contributed by atoms with Crippen LogP contribution in [0.15, 0.2) is 18.2 Å². The molecule has 130 valence electrons. The number of amides is 3. The topological polar surface area (TPSA) is 79.9 Å². The Morgan fingerprint density at radius 2 is 2.38 bits per heavy atom. The minimum Gasteiger partial charge on any atom is -0.489 e. The van der Waals surface area contributed by atoms with Gasteiger partial charge in [-0.15, -0.1) is 0 Å². The SMILES string of the molecule is Cc1ccc(NC(=O)N2CCNC(=O)C2)c(OCC2CCCO2)c1. The Hall–Kier alpha value is -2.28. The van der Waals surface area contributed by atoms with E-state index in [1.165, 1.54) is 4.90 Å². The summed E-state index contributed by atoms with van der Waals surface area (Å²) in [6.07, 6.45) is 2.17. The highest BCUT2D eigenvalue weighted by Gasteiger charge is 2.22. The van der Waals surface area contributed by atoms with Gasteiger partial charge in [0.15, 0.2) is 0 Å². The van der Waals surface area contributed by atoms with E-state index >= 15 is 0 Å². The van der Waals surface area contributed by atoms with Crippen LogP contribution in [0.1, 0.15) is 18.4 Å². The number of hydrogen-bond acceptors (Lipinski definition) is 4. The third-order valence-electron chi connectivity index (χ3n) is 4.15. The fourth-order valence-corrected chi connectivity index (χ4v) is 2.82. The van der Waals surface area contributed by atoms with Crippen molar-refractivity contribution in [3.63, 3.8) is 0 Å². The summed E-state index contributed by atoms with van der Waals surface area (Å²) in [5.74, 6) is 0.482. The lowest BCUT2D eigenvalue weighted by Gasteiger charge is -2.27. The number of benzene rings is 1. The summed E-state index contributed by atoms with van der Waals surface area (Å²) in [6.45, 7) is 4.27. The lowest BCUT2D eigenvalue weighted by molar-refractivity contribution is -0.123. The maximum absolute atomic E-state index is 12.4. The average molecular weight is 333 g/mol. The van der Waals surface area contributed by atoms with E-state index in [4.69, 9.17) is 9.47 Å². The van der Waals surface area contributed by atoms with Crippen LogP contribution in [-0.4, -0.2) is 55.8 Å². The van der Waals surface area contributed by atoms with Gasteiger partial charge >= 0.3 is 6.03 Å². The summed E-state index contributed by atoms with van der Waals surface area (Å²) < 4.78 is 11.4. The molecule has 1 aromatic carbocycles. The zero-order valence-electron chi connectivity index (χ0n) is 13.8. The highest BCUT2D eigenvalue weighted by atomic mass is 16.5. The predicted molar refractivity (Wildman–Crippen MR) is 89.2 cm³/mol. The van der Waals surface area contributed by atoms with Crippen molar-refractivity contribution >= 4 is 17.6 Å². The number of hydrogen-bond donors (Lipinski definition) is 2. The Labute approximate surface area is 141 Å². The van der Waals surface area contributed by atoms with Gasteiger partial charge in [-0.05, 0) is 37.5 Å². The second kappa shape index (κ2) is 7.53. The molecule has 2 saturated heterocycles. The number of rotatable bonds is 4. The van der Waals surface area contributed by atoms with E-state index in [0.717, 1.165) is 25.0 Å². The molecule has 7 nitrogen and oxygen atoms in total. The van der Waals surface area contributed by atoms with Gasteiger partial charge in [-0.3, -0.25) is 4.79 Å². The van der Waals surface area contributed by atoms with E-state index < -0.39 is 0 Å². The molecular weight excluding hydrogens is 310 g/mol. The second-order valence-corrected chi connectivity index (χ2v) is 6.15. The molecule has 0 spiro atoms. The van der Waals surface area contributed by atoms with Gasteiger partial charge in [0.25, 0.3) is 0 Å². The van der Waals surface area contributed by atoms with Crippen molar-refractivity contribution in [2.45, 2.75) is 25.9 Å². The summed E-state index contributed by atoms with van der Waals surface area (Å²) in [7, 11) is 0. The summed E-state index contributed by atoms with van der Waals surface area (Å²) in [5.41, 5.74) is 1.65. The zero-order chi connectivity index (χ0) is 16.9. The first kappa shape index (κ1) is 16.6. The van der Waals surface area contributed by atoms with Crippen molar-refractivity contribution in [3.05, 3.63) is 23.8 Å².